The second-order valence-electron chi connectivity index (χ2n) is 7.57. The molecule has 1 aliphatic rings. The summed E-state index contributed by atoms with van der Waals surface area (Å²) in [4.78, 5) is 7.06. The Morgan fingerprint density at radius 2 is 2.00 bits per heavy atom. The van der Waals surface area contributed by atoms with Crippen molar-refractivity contribution in [2.45, 2.75) is 37.5 Å². The number of hydrogen-bond acceptors (Lipinski definition) is 5. The molecule has 2 unspecified atom stereocenters. The highest BCUT2D eigenvalue weighted by Crippen LogP contribution is 2.37. The van der Waals surface area contributed by atoms with Crippen LogP contribution in [0.1, 0.15) is 38.3 Å². The topological polar surface area (TPSA) is 58.1 Å². The highest BCUT2D eigenvalue weighted by atomic mass is 32.2. The first kappa shape index (κ1) is 22.7. The van der Waals surface area contributed by atoms with E-state index in [9.17, 15) is 0 Å². The summed E-state index contributed by atoms with van der Waals surface area (Å²) in [7, 11) is 7.50. The third-order valence-corrected chi connectivity index (χ3v) is 6.62. The molecule has 1 fully saturated rings. The Morgan fingerprint density at radius 1 is 1.25 bits per heavy atom. The van der Waals surface area contributed by atoms with Gasteiger partial charge in [-0.25, -0.2) is 0 Å². The number of benzene rings is 1. The van der Waals surface area contributed by atoms with Crippen molar-refractivity contribution in [3.63, 3.8) is 0 Å². The van der Waals surface area contributed by atoms with Crippen molar-refractivity contribution in [2.24, 2.45) is 4.99 Å². The summed E-state index contributed by atoms with van der Waals surface area (Å²) in [6.45, 7) is 6.86. The highest BCUT2D eigenvalue weighted by Gasteiger charge is 2.29. The Labute approximate surface area is 174 Å². The molecule has 1 aliphatic heterocycles. The van der Waals surface area contributed by atoms with Crippen LogP contribution in [0.5, 0.6) is 11.5 Å². The van der Waals surface area contributed by atoms with Crippen LogP contribution < -0.4 is 20.1 Å². The number of hydrogen-bond donors (Lipinski definition) is 2. The zero-order chi connectivity index (χ0) is 20.6. The van der Waals surface area contributed by atoms with Crippen LogP contribution in [-0.4, -0.2) is 69.3 Å². The maximum atomic E-state index is 5.48. The van der Waals surface area contributed by atoms with E-state index in [1.165, 1.54) is 24.2 Å². The molecule has 6 nitrogen and oxygen atoms in total. The smallest absolute Gasteiger partial charge is 0.191 e. The van der Waals surface area contributed by atoms with E-state index >= 15 is 0 Å². The minimum absolute atomic E-state index is 0.181. The lowest BCUT2D eigenvalue weighted by molar-refractivity contribution is 0.295. The minimum Gasteiger partial charge on any atom is -0.493 e. The number of likely N-dealkylation sites (N-methyl/N-ethyl adjacent to an activating group) is 1. The molecule has 2 N–H and O–H groups in total. The number of rotatable bonds is 9. The van der Waals surface area contributed by atoms with Crippen LogP contribution >= 0.6 is 11.8 Å². The Balaban J connectivity index is 2.09. The zero-order valence-electron chi connectivity index (χ0n) is 18.2. The number of methoxy groups -OCH3 is 2. The molecule has 0 aromatic heterocycles. The molecular formula is C21H36N4O2S. The number of nitrogens with zero attached hydrogens (tertiary/aromatic N) is 2. The average molecular weight is 409 g/mol. The standard InChI is InChI=1S/C21H36N4O2S/c1-7-22-20(24-15-21(2)11-8-12-28-21)23-14-17(25(3)4)16-9-10-18(26-5)19(13-16)27-6/h9-10,13,17H,7-8,11-12,14-15H2,1-6H3,(H2,22,23,24). The first-order chi connectivity index (χ1) is 13.4. The van der Waals surface area contributed by atoms with Gasteiger partial charge in [-0.1, -0.05) is 6.07 Å². The van der Waals surface area contributed by atoms with Crippen molar-refractivity contribution < 1.29 is 9.47 Å². The van der Waals surface area contributed by atoms with E-state index in [4.69, 9.17) is 14.5 Å². The highest BCUT2D eigenvalue weighted by molar-refractivity contribution is 8.00. The van der Waals surface area contributed by atoms with Crippen LogP contribution in [0.4, 0.5) is 0 Å². The van der Waals surface area contributed by atoms with E-state index in [0.29, 0.717) is 0 Å². The van der Waals surface area contributed by atoms with Crippen molar-refractivity contribution in [1.29, 1.82) is 0 Å². The second-order valence-corrected chi connectivity index (χ2v) is 9.25. The fourth-order valence-corrected chi connectivity index (χ4v) is 4.63. The lowest BCUT2D eigenvalue weighted by atomic mass is 10.1. The van der Waals surface area contributed by atoms with Gasteiger partial charge in [0.05, 0.1) is 26.8 Å². The Kier molecular flexibility index (Phi) is 8.76. The molecule has 28 heavy (non-hydrogen) atoms. The number of ether oxygens (including phenoxy) is 2. The van der Waals surface area contributed by atoms with Gasteiger partial charge in [0.25, 0.3) is 0 Å². The van der Waals surface area contributed by atoms with Gasteiger partial charge in [0, 0.05) is 17.8 Å². The largest absolute Gasteiger partial charge is 0.493 e. The second kappa shape index (κ2) is 10.8. The summed E-state index contributed by atoms with van der Waals surface area (Å²) in [6.07, 6.45) is 2.54. The van der Waals surface area contributed by atoms with Crippen LogP contribution in [0.3, 0.4) is 0 Å². The van der Waals surface area contributed by atoms with Gasteiger partial charge < -0.3 is 25.0 Å². The average Bonchev–Trinajstić information content (AvgIpc) is 3.12. The number of nitrogens with one attached hydrogen (secondary N) is 2. The summed E-state index contributed by atoms with van der Waals surface area (Å²) in [5, 5.41) is 6.90. The Bertz CT molecular complexity index is 645. The SMILES string of the molecule is CCNC(=NCC1(C)CCCS1)NCC(c1ccc(OC)c(OC)c1)N(C)C. The lowest BCUT2D eigenvalue weighted by Crippen LogP contribution is -2.42. The monoisotopic (exact) mass is 408 g/mol. The minimum atomic E-state index is 0.181. The molecule has 0 amide bonds. The molecule has 158 valence electrons. The zero-order valence-corrected chi connectivity index (χ0v) is 19.0. The van der Waals surface area contributed by atoms with Gasteiger partial charge in [-0.3, -0.25) is 4.99 Å². The van der Waals surface area contributed by atoms with Crippen molar-refractivity contribution >= 4 is 17.7 Å². The predicted molar refractivity (Wildman–Crippen MR) is 120 cm³/mol. The Hall–Kier alpha value is -1.60. The molecule has 2 atom stereocenters. The first-order valence-corrected chi connectivity index (χ1v) is 11.0. The van der Waals surface area contributed by atoms with Crippen LogP contribution in [0, 0.1) is 0 Å². The van der Waals surface area contributed by atoms with Crippen LogP contribution in [-0.2, 0) is 0 Å². The third-order valence-electron chi connectivity index (χ3n) is 5.09. The molecular weight excluding hydrogens is 372 g/mol. The van der Waals surface area contributed by atoms with Crippen LogP contribution in [0.15, 0.2) is 23.2 Å². The van der Waals surface area contributed by atoms with Crippen molar-refractivity contribution in [3.8, 4) is 11.5 Å². The van der Waals surface area contributed by atoms with Gasteiger partial charge in [0.1, 0.15) is 0 Å². The van der Waals surface area contributed by atoms with Gasteiger partial charge in [-0.2, -0.15) is 11.8 Å². The Morgan fingerprint density at radius 3 is 2.57 bits per heavy atom. The van der Waals surface area contributed by atoms with Gasteiger partial charge in [-0.15, -0.1) is 0 Å². The fraction of sp³-hybridized carbons (Fsp3) is 0.667. The summed E-state index contributed by atoms with van der Waals surface area (Å²) in [5.74, 6) is 3.62. The molecule has 0 spiro atoms. The van der Waals surface area contributed by atoms with Crippen molar-refractivity contribution in [1.82, 2.24) is 15.5 Å². The molecule has 1 heterocycles. The van der Waals surface area contributed by atoms with Gasteiger partial charge >= 0.3 is 0 Å². The summed E-state index contributed by atoms with van der Waals surface area (Å²) in [5.41, 5.74) is 1.17. The van der Waals surface area contributed by atoms with Crippen LogP contribution in [0.25, 0.3) is 0 Å². The van der Waals surface area contributed by atoms with Crippen LogP contribution in [0.2, 0.25) is 0 Å². The molecule has 0 radical (unpaired) electrons. The predicted octanol–water partition coefficient (Wildman–Crippen LogP) is 3.15. The molecule has 0 bridgehead atoms. The lowest BCUT2D eigenvalue weighted by Gasteiger charge is -2.27. The normalized spacial score (nSPS) is 20.9. The number of thioether (sulfide) groups is 1. The van der Waals surface area contributed by atoms with Crippen molar-refractivity contribution in [2.75, 3.05) is 53.7 Å². The number of guanidine groups is 1. The van der Waals surface area contributed by atoms with E-state index in [-0.39, 0.29) is 10.8 Å². The summed E-state index contributed by atoms with van der Waals surface area (Å²) in [6, 6.07) is 6.28. The van der Waals surface area contributed by atoms with E-state index in [0.717, 1.165) is 37.1 Å². The summed E-state index contributed by atoms with van der Waals surface area (Å²) >= 11 is 2.04. The quantitative estimate of drug-likeness (QED) is 0.484. The number of aliphatic imine (C=N–C) groups is 1. The molecule has 7 heteroatoms. The molecule has 1 aromatic rings. The van der Waals surface area contributed by atoms with Gasteiger partial charge in [-0.05, 0) is 64.2 Å². The van der Waals surface area contributed by atoms with E-state index in [1.54, 1.807) is 14.2 Å². The van der Waals surface area contributed by atoms with E-state index in [1.807, 2.05) is 23.9 Å². The van der Waals surface area contributed by atoms with E-state index in [2.05, 4.69) is 49.5 Å². The van der Waals surface area contributed by atoms with E-state index < -0.39 is 0 Å². The summed E-state index contributed by atoms with van der Waals surface area (Å²) < 4.78 is 11.1. The van der Waals surface area contributed by atoms with Crippen molar-refractivity contribution in [3.05, 3.63) is 23.8 Å². The van der Waals surface area contributed by atoms with Gasteiger partial charge in [0.15, 0.2) is 17.5 Å². The van der Waals surface area contributed by atoms with Gasteiger partial charge in [0.2, 0.25) is 0 Å². The maximum absolute atomic E-state index is 5.48. The molecule has 1 saturated heterocycles. The molecule has 0 saturated carbocycles. The molecule has 1 aromatic carbocycles. The molecule has 2 rings (SSSR count). The molecule has 0 aliphatic carbocycles. The maximum Gasteiger partial charge on any atom is 0.191 e. The fourth-order valence-electron chi connectivity index (χ4n) is 3.40. The third kappa shape index (κ3) is 6.21. The first-order valence-electron chi connectivity index (χ1n) is 9.97.